The Bertz CT molecular complexity index is 622. The monoisotopic (exact) mass is 340 g/mol. The van der Waals surface area contributed by atoms with Crippen LogP contribution in [0.2, 0.25) is 0 Å². The zero-order chi connectivity index (χ0) is 16.3. The molecule has 0 amide bonds. The molecule has 2 fully saturated rings. The van der Waals surface area contributed by atoms with Gasteiger partial charge in [-0.05, 0) is 37.0 Å². The molecule has 3 heterocycles. The number of hydrogen-bond acceptors (Lipinski definition) is 5. The average Bonchev–Trinajstić information content (AvgIpc) is 2.54. The van der Waals surface area contributed by atoms with Crippen LogP contribution in [0.15, 0.2) is 24.5 Å². The van der Waals surface area contributed by atoms with Crippen LogP contribution >= 0.6 is 0 Å². The average molecular weight is 340 g/mol. The molecule has 0 aliphatic carbocycles. The minimum Gasteiger partial charge on any atom is -0.377 e. The summed E-state index contributed by atoms with van der Waals surface area (Å²) in [4.78, 5) is 4.00. The van der Waals surface area contributed by atoms with Crippen molar-refractivity contribution in [3.8, 4) is 0 Å². The van der Waals surface area contributed by atoms with Crippen molar-refractivity contribution in [1.29, 1.82) is 0 Å². The first-order valence-electron chi connectivity index (χ1n) is 8.03. The molecular weight excluding hydrogens is 316 g/mol. The number of rotatable bonds is 5. The van der Waals surface area contributed by atoms with Gasteiger partial charge in [0.1, 0.15) is 0 Å². The van der Waals surface area contributed by atoms with Crippen LogP contribution in [0.3, 0.4) is 0 Å². The summed E-state index contributed by atoms with van der Waals surface area (Å²) in [7, 11) is -3.18. The topological polar surface area (TPSA) is 68.7 Å². The smallest absolute Gasteiger partial charge is 0.211 e. The third-order valence-corrected chi connectivity index (χ3v) is 6.08. The summed E-state index contributed by atoms with van der Waals surface area (Å²) in [6, 6.07) is 3.85. The molecule has 1 aromatic heterocycles. The molecule has 0 N–H and O–H groups in total. The highest BCUT2D eigenvalue weighted by molar-refractivity contribution is 7.88. The predicted molar refractivity (Wildman–Crippen MR) is 86.3 cm³/mol. The maximum Gasteiger partial charge on any atom is 0.211 e. The van der Waals surface area contributed by atoms with Gasteiger partial charge in [0, 0.05) is 37.5 Å². The van der Waals surface area contributed by atoms with E-state index in [9.17, 15) is 8.42 Å². The molecule has 0 aromatic carbocycles. The number of fused-ring (bicyclic) bond motifs is 1. The minimum atomic E-state index is -3.18. The SMILES string of the molecule is CS(=O)(=O)N1CC[C@H]2OCCC[C@]2(COCc2ccncc2)C1. The van der Waals surface area contributed by atoms with Gasteiger partial charge >= 0.3 is 0 Å². The third-order valence-electron chi connectivity index (χ3n) is 4.83. The van der Waals surface area contributed by atoms with Crippen LogP contribution < -0.4 is 0 Å². The molecule has 0 bridgehead atoms. The highest BCUT2D eigenvalue weighted by Crippen LogP contribution is 2.41. The third kappa shape index (κ3) is 3.91. The Balaban J connectivity index is 1.68. The van der Waals surface area contributed by atoms with E-state index in [0.717, 1.165) is 31.4 Å². The first-order chi connectivity index (χ1) is 11.0. The molecule has 0 radical (unpaired) electrons. The van der Waals surface area contributed by atoms with Crippen molar-refractivity contribution in [3.63, 3.8) is 0 Å². The zero-order valence-electron chi connectivity index (χ0n) is 13.5. The lowest BCUT2D eigenvalue weighted by molar-refractivity contribution is -0.144. The van der Waals surface area contributed by atoms with Gasteiger partial charge in [-0.25, -0.2) is 12.7 Å². The molecule has 23 heavy (non-hydrogen) atoms. The van der Waals surface area contributed by atoms with Gasteiger partial charge in [0.15, 0.2) is 0 Å². The zero-order valence-corrected chi connectivity index (χ0v) is 14.3. The molecule has 128 valence electrons. The van der Waals surface area contributed by atoms with Gasteiger partial charge in [-0.15, -0.1) is 0 Å². The quantitative estimate of drug-likeness (QED) is 0.811. The fourth-order valence-electron chi connectivity index (χ4n) is 3.59. The van der Waals surface area contributed by atoms with Crippen molar-refractivity contribution in [2.75, 3.05) is 32.6 Å². The summed E-state index contributed by atoms with van der Waals surface area (Å²) in [5, 5.41) is 0. The lowest BCUT2D eigenvalue weighted by Crippen LogP contribution is -2.57. The van der Waals surface area contributed by atoms with Gasteiger partial charge in [-0.3, -0.25) is 4.98 Å². The van der Waals surface area contributed by atoms with E-state index >= 15 is 0 Å². The van der Waals surface area contributed by atoms with Crippen molar-refractivity contribution in [2.45, 2.75) is 32.0 Å². The summed E-state index contributed by atoms with van der Waals surface area (Å²) < 4.78 is 37.3. The summed E-state index contributed by atoms with van der Waals surface area (Å²) in [5.41, 5.74) is 0.840. The Morgan fingerprint density at radius 3 is 2.96 bits per heavy atom. The van der Waals surface area contributed by atoms with Gasteiger partial charge in [0.2, 0.25) is 10.0 Å². The fraction of sp³-hybridized carbons (Fsp3) is 0.688. The first-order valence-corrected chi connectivity index (χ1v) is 9.88. The van der Waals surface area contributed by atoms with Crippen molar-refractivity contribution in [3.05, 3.63) is 30.1 Å². The number of aromatic nitrogens is 1. The van der Waals surface area contributed by atoms with Crippen LogP contribution in [0, 0.1) is 5.41 Å². The maximum atomic E-state index is 11.9. The normalized spacial score (nSPS) is 29.2. The highest BCUT2D eigenvalue weighted by atomic mass is 32.2. The van der Waals surface area contributed by atoms with Crippen LogP contribution in [0.25, 0.3) is 0 Å². The Morgan fingerprint density at radius 2 is 2.22 bits per heavy atom. The van der Waals surface area contributed by atoms with Gasteiger partial charge in [-0.1, -0.05) is 0 Å². The molecule has 2 saturated heterocycles. The standard InChI is InChI=1S/C16H24N2O4S/c1-23(19,20)18-9-5-15-16(12-18,6-2-10-22-15)13-21-11-14-3-7-17-8-4-14/h3-4,7-8,15H,2,5-6,9-13H2,1H3/t15-,16-/m1/s1. The fourth-order valence-corrected chi connectivity index (χ4v) is 4.52. The highest BCUT2D eigenvalue weighted by Gasteiger charge is 2.47. The summed E-state index contributed by atoms with van der Waals surface area (Å²) in [5.74, 6) is 0. The van der Waals surface area contributed by atoms with Crippen LogP contribution in [-0.4, -0.2) is 56.4 Å². The largest absolute Gasteiger partial charge is 0.377 e. The van der Waals surface area contributed by atoms with Crippen molar-refractivity contribution in [2.24, 2.45) is 5.41 Å². The lowest BCUT2D eigenvalue weighted by Gasteiger charge is -2.49. The van der Waals surface area contributed by atoms with E-state index in [-0.39, 0.29) is 11.5 Å². The molecule has 1 aromatic rings. The molecule has 2 atom stereocenters. The predicted octanol–water partition coefficient (Wildman–Crippen LogP) is 1.43. The van der Waals surface area contributed by atoms with E-state index < -0.39 is 10.0 Å². The maximum absolute atomic E-state index is 11.9. The van der Waals surface area contributed by atoms with Crippen LogP contribution in [0.1, 0.15) is 24.8 Å². The van der Waals surface area contributed by atoms with Crippen LogP contribution in [0.5, 0.6) is 0 Å². The van der Waals surface area contributed by atoms with E-state index in [0.29, 0.717) is 26.3 Å². The second-order valence-corrected chi connectivity index (χ2v) is 8.54. The van der Waals surface area contributed by atoms with E-state index in [1.807, 2.05) is 12.1 Å². The minimum absolute atomic E-state index is 0.0895. The number of piperidine rings is 1. The van der Waals surface area contributed by atoms with Gasteiger partial charge in [0.05, 0.1) is 25.6 Å². The Labute approximate surface area is 137 Å². The Morgan fingerprint density at radius 1 is 1.43 bits per heavy atom. The molecule has 2 aliphatic heterocycles. The molecule has 7 heteroatoms. The van der Waals surface area contributed by atoms with Gasteiger partial charge in [-0.2, -0.15) is 0 Å². The Hall–Kier alpha value is -1.02. The first kappa shape index (κ1) is 16.8. The van der Waals surface area contributed by atoms with E-state index in [2.05, 4.69) is 4.98 Å². The van der Waals surface area contributed by atoms with Gasteiger partial charge < -0.3 is 9.47 Å². The molecule has 0 spiro atoms. The summed E-state index contributed by atoms with van der Waals surface area (Å²) >= 11 is 0. The molecule has 0 saturated carbocycles. The molecule has 6 nitrogen and oxygen atoms in total. The number of nitrogens with zero attached hydrogens (tertiary/aromatic N) is 2. The molecular formula is C16H24N2O4S. The lowest BCUT2D eigenvalue weighted by atomic mass is 9.73. The van der Waals surface area contributed by atoms with E-state index in [4.69, 9.17) is 9.47 Å². The number of sulfonamides is 1. The second kappa shape index (κ2) is 6.84. The van der Waals surface area contributed by atoms with Crippen molar-refractivity contribution < 1.29 is 17.9 Å². The van der Waals surface area contributed by atoms with E-state index in [1.165, 1.54) is 6.26 Å². The van der Waals surface area contributed by atoms with Crippen molar-refractivity contribution >= 4 is 10.0 Å². The number of hydrogen-bond donors (Lipinski definition) is 0. The van der Waals surface area contributed by atoms with Crippen molar-refractivity contribution in [1.82, 2.24) is 9.29 Å². The van der Waals surface area contributed by atoms with Gasteiger partial charge in [0.25, 0.3) is 0 Å². The summed E-state index contributed by atoms with van der Waals surface area (Å²) in [6.45, 7) is 2.82. The van der Waals surface area contributed by atoms with Crippen LogP contribution in [0.4, 0.5) is 0 Å². The Kier molecular flexibility index (Phi) is 5.01. The number of ether oxygens (including phenoxy) is 2. The van der Waals surface area contributed by atoms with E-state index in [1.54, 1.807) is 16.7 Å². The number of pyridine rings is 1. The molecule has 3 rings (SSSR count). The second-order valence-electron chi connectivity index (χ2n) is 6.56. The molecule has 0 unspecified atom stereocenters. The summed E-state index contributed by atoms with van der Waals surface area (Å²) in [6.07, 6.45) is 7.50. The molecule has 2 aliphatic rings. The van der Waals surface area contributed by atoms with Crippen LogP contribution in [-0.2, 0) is 26.1 Å².